The third-order valence-corrected chi connectivity index (χ3v) is 8.58. The molecule has 1 aromatic heterocycles. The van der Waals surface area contributed by atoms with Crippen molar-refractivity contribution in [3.05, 3.63) is 101 Å². The summed E-state index contributed by atoms with van der Waals surface area (Å²) in [6.07, 6.45) is -2.48. The van der Waals surface area contributed by atoms with E-state index in [1.807, 2.05) is 24.3 Å². The Morgan fingerprint density at radius 3 is 2.47 bits per heavy atom. The summed E-state index contributed by atoms with van der Waals surface area (Å²) in [6.45, 7) is 3.28. The minimum atomic E-state index is -4.82. The molecule has 1 aliphatic rings. The maximum atomic E-state index is 15.4. The Morgan fingerprint density at radius 2 is 1.79 bits per heavy atom. The van der Waals surface area contributed by atoms with Crippen LogP contribution in [0.5, 0.6) is 17.4 Å². The number of ether oxygens (including phenoxy) is 3. The molecule has 0 spiro atoms. The highest BCUT2D eigenvalue weighted by atomic mass is 19.4. The fourth-order valence-electron chi connectivity index (χ4n) is 5.93. The normalized spacial score (nSPS) is 14.4. The maximum absolute atomic E-state index is 15.4. The number of amides is 3. The second-order valence-electron chi connectivity index (χ2n) is 12.3. The number of pyridine rings is 1. The van der Waals surface area contributed by atoms with Crippen LogP contribution in [0.3, 0.4) is 0 Å². The summed E-state index contributed by atoms with van der Waals surface area (Å²) in [6, 6.07) is 15.1. The van der Waals surface area contributed by atoms with Crippen LogP contribution in [0.4, 0.5) is 23.2 Å². The van der Waals surface area contributed by atoms with Crippen LogP contribution in [-0.4, -0.2) is 67.0 Å². The number of alkyl halides is 3. The average Bonchev–Trinajstić information content (AvgIpc) is 3.60. The van der Waals surface area contributed by atoms with Crippen LogP contribution in [0, 0.1) is 5.82 Å². The third-order valence-electron chi connectivity index (χ3n) is 8.58. The molecule has 4 aromatic rings. The van der Waals surface area contributed by atoms with Crippen LogP contribution in [0.1, 0.15) is 46.8 Å². The Morgan fingerprint density at radius 1 is 1.02 bits per heavy atom. The lowest BCUT2D eigenvalue weighted by Gasteiger charge is -2.21. The van der Waals surface area contributed by atoms with Gasteiger partial charge in [-0.2, -0.15) is 13.2 Å². The molecular formula is C38H39F4N5O6. The summed E-state index contributed by atoms with van der Waals surface area (Å²) in [5.41, 5.74) is 5.39. The molecule has 0 radical (unpaired) electrons. The fraction of sp³-hybridized carbons (Fsp3) is 0.316. The number of methoxy groups -OCH3 is 1. The predicted molar refractivity (Wildman–Crippen MR) is 188 cm³/mol. The number of nitrogens with one attached hydrogen (secondary N) is 2. The van der Waals surface area contributed by atoms with Gasteiger partial charge in [0.2, 0.25) is 17.7 Å². The zero-order valence-corrected chi connectivity index (χ0v) is 29.1. The minimum Gasteiger partial charge on any atom is -0.497 e. The Labute approximate surface area is 303 Å². The molecular weight excluding hydrogens is 698 g/mol. The van der Waals surface area contributed by atoms with Gasteiger partial charge in [-0.3, -0.25) is 19.3 Å². The van der Waals surface area contributed by atoms with Crippen LogP contribution >= 0.6 is 0 Å². The van der Waals surface area contributed by atoms with Gasteiger partial charge in [0.1, 0.15) is 23.9 Å². The van der Waals surface area contributed by atoms with Crippen molar-refractivity contribution >= 4 is 23.4 Å². The zero-order valence-electron chi connectivity index (χ0n) is 29.1. The number of benzene rings is 3. The van der Waals surface area contributed by atoms with Gasteiger partial charge < -0.3 is 30.6 Å². The minimum absolute atomic E-state index is 0.0160. The average molecular weight is 738 g/mol. The molecule has 1 atom stereocenters. The summed E-state index contributed by atoms with van der Waals surface area (Å²) in [5, 5.41) is 4.91. The van der Waals surface area contributed by atoms with E-state index in [1.165, 1.54) is 18.3 Å². The monoisotopic (exact) mass is 737 g/mol. The van der Waals surface area contributed by atoms with Crippen molar-refractivity contribution in [1.82, 2.24) is 15.2 Å². The van der Waals surface area contributed by atoms with Gasteiger partial charge in [0.05, 0.1) is 31.7 Å². The molecule has 2 heterocycles. The van der Waals surface area contributed by atoms with E-state index in [0.29, 0.717) is 54.3 Å². The number of likely N-dealkylation sites (tertiary alicyclic amines) is 1. The largest absolute Gasteiger partial charge is 0.497 e. The quantitative estimate of drug-likeness (QED) is 0.131. The van der Waals surface area contributed by atoms with Crippen molar-refractivity contribution in [2.45, 2.75) is 45.0 Å². The van der Waals surface area contributed by atoms with E-state index in [-0.39, 0.29) is 42.4 Å². The van der Waals surface area contributed by atoms with Crippen LogP contribution < -0.4 is 30.6 Å². The number of carbonyl (C=O) groups excluding carboxylic acids is 3. The molecule has 0 aliphatic carbocycles. The van der Waals surface area contributed by atoms with Crippen LogP contribution in [-0.2, 0) is 28.8 Å². The van der Waals surface area contributed by atoms with E-state index in [2.05, 4.69) is 15.6 Å². The molecule has 1 aliphatic heterocycles. The number of nitrogens with zero attached hydrogens (tertiary/aromatic N) is 2. The van der Waals surface area contributed by atoms with Crippen LogP contribution in [0.25, 0.3) is 11.1 Å². The van der Waals surface area contributed by atoms with Crippen molar-refractivity contribution in [2.24, 2.45) is 5.73 Å². The molecule has 3 amide bonds. The first-order valence-electron chi connectivity index (χ1n) is 16.9. The van der Waals surface area contributed by atoms with Gasteiger partial charge in [-0.15, -0.1) is 0 Å². The molecule has 11 nitrogen and oxygen atoms in total. The molecule has 5 rings (SSSR count). The van der Waals surface area contributed by atoms with Gasteiger partial charge in [-0.05, 0) is 79.4 Å². The first-order chi connectivity index (χ1) is 25.3. The lowest BCUT2D eigenvalue weighted by Crippen LogP contribution is -2.43. The molecule has 280 valence electrons. The number of hydrogen-bond donors (Lipinski definition) is 3. The van der Waals surface area contributed by atoms with Crippen molar-refractivity contribution in [1.29, 1.82) is 0 Å². The second kappa shape index (κ2) is 17.2. The van der Waals surface area contributed by atoms with Crippen molar-refractivity contribution in [2.75, 3.05) is 38.7 Å². The Hall–Kier alpha value is -5.70. The van der Waals surface area contributed by atoms with E-state index in [9.17, 15) is 27.6 Å². The molecule has 0 saturated carbocycles. The highest BCUT2D eigenvalue weighted by molar-refractivity contribution is 5.98. The van der Waals surface area contributed by atoms with Gasteiger partial charge >= 0.3 is 6.18 Å². The van der Waals surface area contributed by atoms with Crippen molar-refractivity contribution in [3.8, 4) is 28.5 Å². The number of hydrogen-bond acceptors (Lipinski definition) is 8. The molecule has 3 aromatic carbocycles. The smallest absolute Gasteiger partial charge is 0.416 e. The number of nitrogens with two attached hydrogens (primary N) is 1. The van der Waals surface area contributed by atoms with Gasteiger partial charge in [0.15, 0.2) is 0 Å². The van der Waals surface area contributed by atoms with Crippen molar-refractivity contribution in [3.63, 3.8) is 0 Å². The summed E-state index contributed by atoms with van der Waals surface area (Å²) in [4.78, 5) is 43.6. The highest BCUT2D eigenvalue weighted by Gasteiger charge is 2.32. The lowest BCUT2D eigenvalue weighted by atomic mass is 10.0. The number of carbonyl (C=O) groups is 3. The number of rotatable bonds is 15. The van der Waals surface area contributed by atoms with Crippen LogP contribution in [0.15, 0.2) is 72.9 Å². The highest BCUT2D eigenvalue weighted by Crippen LogP contribution is 2.34. The van der Waals surface area contributed by atoms with E-state index in [4.69, 9.17) is 19.9 Å². The molecule has 0 bridgehead atoms. The zero-order chi connectivity index (χ0) is 38.1. The topological polar surface area (TPSA) is 145 Å². The Balaban J connectivity index is 1.24. The maximum Gasteiger partial charge on any atom is 0.416 e. The molecule has 1 unspecified atom stereocenters. The molecule has 15 heteroatoms. The molecule has 1 saturated heterocycles. The standard InChI is InChI=1S/C38H39F4N5O6/c1-3-52-33-20-35(53-22-23-6-10-29(51-2)11-7-23)45-21-30(33)24-8-9-25(31(39)17-24)18-34(48)46-28-16-26(15-27(19-28)38(40,41)42)37(50)44-12-14-47-13-4-5-32(47)36(43)49/h6-11,15-17,19-21,32H,3-5,12-14,18,22H2,1-2H3,(H2,43,49)(H,44,50)(H,46,48). The summed E-state index contributed by atoms with van der Waals surface area (Å²) >= 11 is 0. The van der Waals surface area contributed by atoms with Gasteiger partial charge in [0, 0.05) is 42.2 Å². The summed E-state index contributed by atoms with van der Waals surface area (Å²) in [5.74, 6) is -1.42. The fourth-order valence-corrected chi connectivity index (χ4v) is 5.93. The lowest BCUT2D eigenvalue weighted by molar-refractivity contribution is -0.137. The van der Waals surface area contributed by atoms with Crippen molar-refractivity contribution < 1.29 is 46.2 Å². The van der Waals surface area contributed by atoms with E-state index in [0.717, 1.165) is 18.1 Å². The molecule has 4 N–H and O–H groups in total. The third kappa shape index (κ3) is 10.2. The summed E-state index contributed by atoms with van der Waals surface area (Å²) in [7, 11) is 1.58. The Bertz CT molecular complexity index is 1940. The number of primary amides is 1. The predicted octanol–water partition coefficient (Wildman–Crippen LogP) is 5.75. The van der Waals surface area contributed by atoms with Gasteiger partial charge in [-0.1, -0.05) is 24.3 Å². The first kappa shape index (κ1) is 38.5. The molecule has 53 heavy (non-hydrogen) atoms. The first-order valence-corrected chi connectivity index (χ1v) is 16.9. The number of anilines is 1. The summed E-state index contributed by atoms with van der Waals surface area (Å²) < 4.78 is 73.4. The van der Waals surface area contributed by atoms with Crippen LogP contribution in [0.2, 0.25) is 0 Å². The molecule has 1 fully saturated rings. The van der Waals surface area contributed by atoms with Gasteiger partial charge in [-0.25, -0.2) is 9.37 Å². The number of halogens is 4. The Kier molecular flexibility index (Phi) is 12.5. The second-order valence-corrected chi connectivity index (χ2v) is 12.3. The van der Waals surface area contributed by atoms with Gasteiger partial charge in [0.25, 0.3) is 5.91 Å². The SMILES string of the molecule is CCOc1cc(OCc2ccc(OC)cc2)ncc1-c1ccc(CC(=O)Nc2cc(C(=O)NCCN3CCCC3C(N)=O)cc(C(F)(F)F)c2)c(F)c1. The number of aromatic nitrogens is 1. The van der Waals surface area contributed by atoms with E-state index in [1.54, 1.807) is 31.1 Å². The van der Waals surface area contributed by atoms with E-state index >= 15 is 4.39 Å². The van der Waals surface area contributed by atoms with E-state index < -0.39 is 47.7 Å².